The Kier molecular flexibility index (Phi) is 3.58. The Morgan fingerprint density at radius 2 is 2.00 bits per heavy atom. The minimum atomic E-state index is 0.0811. The molecule has 0 bridgehead atoms. The summed E-state index contributed by atoms with van der Waals surface area (Å²) in [6.45, 7) is 4.35. The molecule has 2 atom stereocenters. The lowest BCUT2D eigenvalue weighted by Gasteiger charge is -2.21. The van der Waals surface area contributed by atoms with E-state index in [1.54, 1.807) is 0 Å². The van der Waals surface area contributed by atoms with E-state index in [1.807, 2.05) is 6.07 Å². The summed E-state index contributed by atoms with van der Waals surface area (Å²) >= 11 is 0. The maximum absolute atomic E-state index is 4.68. The highest BCUT2D eigenvalue weighted by atomic mass is 14.8. The van der Waals surface area contributed by atoms with Crippen molar-refractivity contribution in [1.82, 2.24) is 0 Å². The molecule has 0 saturated heterocycles. The SMILES string of the molecule is CC(N=CC1(C)C=CC=CC1)c1ccccc1. The average Bonchev–Trinajstić information content (AvgIpc) is 2.38. The van der Waals surface area contributed by atoms with Crippen molar-refractivity contribution in [3.05, 3.63) is 60.2 Å². The van der Waals surface area contributed by atoms with Gasteiger partial charge in [-0.3, -0.25) is 4.99 Å². The fourth-order valence-corrected chi connectivity index (χ4v) is 1.94. The van der Waals surface area contributed by atoms with Crippen molar-refractivity contribution >= 4 is 6.21 Å². The Bertz CT molecular complexity index is 442. The Hall–Kier alpha value is -1.63. The minimum Gasteiger partial charge on any atom is -0.289 e. The zero-order chi connectivity index (χ0) is 12.1. The van der Waals surface area contributed by atoms with Gasteiger partial charge in [-0.15, -0.1) is 0 Å². The molecular weight excluding hydrogens is 206 g/mol. The Labute approximate surface area is 104 Å². The zero-order valence-electron chi connectivity index (χ0n) is 10.5. The molecule has 0 heterocycles. The van der Waals surface area contributed by atoms with E-state index >= 15 is 0 Å². The van der Waals surface area contributed by atoms with Crippen LogP contribution in [0.25, 0.3) is 0 Å². The second-order valence-corrected chi connectivity index (χ2v) is 4.86. The van der Waals surface area contributed by atoms with Gasteiger partial charge in [0.05, 0.1) is 6.04 Å². The number of hydrogen-bond donors (Lipinski definition) is 0. The molecule has 0 fully saturated rings. The van der Waals surface area contributed by atoms with Gasteiger partial charge in [0.25, 0.3) is 0 Å². The quantitative estimate of drug-likeness (QED) is 0.678. The lowest BCUT2D eigenvalue weighted by Crippen LogP contribution is -2.15. The molecule has 2 rings (SSSR count). The highest BCUT2D eigenvalue weighted by Crippen LogP contribution is 2.26. The van der Waals surface area contributed by atoms with Crippen molar-refractivity contribution in [2.24, 2.45) is 10.4 Å². The van der Waals surface area contributed by atoms with E-state index in [9.17, 15) is 0 Å². The Morgan fingerprint density at radius 1 is 1.24 bits per heavy atom. The van der Waals surface area contributed by atoms with Crippen molar-refractivity contribution in [3.63, 3.8) is 0 Å². The van der Waals surface area contributed by atoms with Crippen molar-refractivity contribution in [2.75, 3.05) is 0 Å². The Balaban J connectivity index is 2.06. The number of benzene rings is 1. The van der Waals surface area contributed by atoms with Crippen LogP contribution in [0.15, 0.2) is 59.6 Å². The van der Waals surface area contributed by atoms with E-state index in [0.29, 0.717) is 0 Å². The first-order chi connectivity index (χ1) is 8.20. The molecule has 1 heteroatoms. The predicted octanol–water partition coefficient (Wildman–Crippen LogP) is 4.34. The zero-order valence-corrected chi connectivity index (χ0v) is 10.5. The van der Waals surface area contributed by atoms with Gasteiger partial charge in [0.15, 0.2) is 0 Å². The highest BCUT2D eigenvalue weighted by molar-refractivity contribution is 5.69. The van der Waals surface area contributed by atoms with Crippen molar-refractivity contribution in [2.45, 2.75) is 26.3 Å². The van der Waals surface area contributed by atoms with E-state index in [1.165, 1.54) is 5.56 Å². The van der Waals surface area contributed by atoms with Crippen LogP contribution >= 0.6 is 0 Å². The van der Waals surface area contributed by atoms with E-state index in [4.69, 9.17) is 0 Å². The monoisotopic (exact) mass is 225 g/mol. The van der Waals surface area contributed by atoms with Gasteiger partial charge in [-0.2, -0.15) is 0 Å². The third-order valence-electron chi connectivity index (χ3n) is 3.16. The van der Waals surface area contributed by atoms with Crippen LogP contribution in [-0.4, -0.2) is 6.21 Å². The normalized spacial score (nSPS) is 25.3. The molecule has 1 aromatic rings. The van der Waals surface area contributed by atoms with Crippen molar-refractivity contribution in [1.29, 1.82) is 0 Å². The second kappa shape index (κ2) is 5.13. The first-order valence-electron chi connectivity index (χ1n) is 6.13. The molecule has 0 radical (unpaired) electrons. The first kappa shape index (κ1) is 11.8. The van der Waals surface area contributed by atoms with Gasteiger partial charge < -0.3 is 0 Å². The molecule has 0 saturated carbocycles. The predicted molar refractivity (Wildman–Crippen MR) is 74.4 cm³/mol. The van der Waals surface area contributed by atoms with Crippen molar-refractivity contribution < 1.29 is 0 Å². The molecule has 1 aliphatic rings. The summed E-state index contributed by atoms with van der Waals surface area (Å²) in [5.74, 6) is 0. The van der Waals surface area contributed by atoms with Crippen molar-refractivity contribution in [3.8, 4) is 0 Å². The first-order valence-corrected chi connectivity index (χ1v) is 6.13. The van der Waals surface area contributed by atoms with Gasteiger partial charge in [-0.25, -0.2) is 0 Å². The van der Waals surface area contributed by atoms with Gasteiger partial charge in [-0.05, 0) is 18.9 Å². The smallest absolute Gasteiger partial charge is 0.0717 e. The molecule has 0 N–H and O–H groups in total. The van der Waals surface area contributed by atoms with Gasteiger partial charge in [0, 0.05) is 11.6 Å². The summed E-state index contributed by atoms with van der Waals surface area (Å²) in [7, 11) is 0. The fourth-order valence-electron chi connectivity index (χ4n) is 1.94. The molecule has 17 heavy (non-hydrogen) atoms. The molecule has 1 nitrogen and oxygen atoms in total. The molecule has 0 amide bonds. The molecular formula is C16H19N. The third-order valence-corrected chi connectivity index (χ3v) is 3.16. The fraction of sp³-hybridized carbons (Fsp3) is 0.312. The lowest BCUT2D eigenvalue weighted by molar-refractivity contribution is 0.608. The van der Waals surface area contributed by atoms with Gasteiger partial charge in [-0.1, -0.05) is 61.6 Å². The second-order valence-electron chi connectivity index (χ2n) is 4.86. The Morgan fingerprint density at radius 3 is 2.65 bits per heavy atom. The maximum atomic E-state index is 4.68. The molecule has 88 valence electrons. The van der Waals surface area contributed by atoms with Crippen LogP contribution in [0, 0.1) is 5.41 Å². The molecule has 0 aliphatic heterocycles. The summed E-state index contributed by atoms with van der Waals surface area (Å²) in [4.78, 5) is 4.68. The highest BCUT2D eigenvalue weighted by Gasteiger charge is 2.18. The lowest BCUT2D eigenvalue weighted by atomic mass is 9.85. The summed E-state index contributed by atoms with van der Waals surface area (Å²) < 4.78 is 0. The molecule has 2 unspecified atom stereocenters. The van der Waals surface area contributed by atoms with Crippen LogP contribution in [0.3, 0.4) is 0 Å². The third kappa shape index (κ3) is 3.16. The van der Waals surface area contributed by atoms with E-state index in [-0.39, 0.29) is 11.5 Å². The number of aliphatic imine (C=N–C) groups is 1. The van der Waals surface area contributed by atoms with Crippen LogP contribution < -0.4 is 0 Å². The van der Waals surface area contributed by atoms with Crippen LogP contribution in [0.4, 0.5) is 0 Å². The summed E-state index contributed by atoms with van der Waals surface area (Å²) in [5.41, 5.74) is 1.35. The summed E-state index contributed by atoms with van der Waals surface area (Å²) in [5, 5.41) is 0. The molecule has 1 aromatic carbocycles. The van der Waals surface area contributed by atoms with Crippen LogP contribution in [0.1, 0.15) is 31.9 Å². The van der Waals surface area contributed by atoms with E-state index < -0.39 is 0 Å². The average molecular weight is 225 g/mol. The topological polar surface area (TPSA) is 12.4 Å². The van der Waals surface area contributed by atoms with Gasteiger partial charge >= 0.3 is 0 Å². The summed E-state index contributed by atoms with van der Waals surface area (Å²) in [6.07, 6.45) is 11.7. The van der Waals surface area contributed by atoms with Crippen LogP contribution in [0.5, 0.6) is 0 Å². The van der Waals surface area contributed by atoms with Gasteiger partial charge in [0.2, 0.25) is 0 Å². The summed E-state index contributed by atoms with van der Waals surface area (Å²) in [6, 6.07) is 10.6. The number of nitrogens with zero attached hydrogens (tertiary/aromatic N) is 1. The van der Waals surface area contributed by atoms with Crippen LogP contribution in [-0.2, 0) is 0 Å². The number of allylic oxidation sites excluding steroid dienone is 4. The molecule has 0 spiro atoms. The van der Waals surface area contributed by atoms with Crippen LogP contribution in [0.2, 0.25) is 0 Å². The number of hydrogen-bond acceptors (Lipinski definition) is 1. The molecule has 1 aliphatic carbocycles. The maximum Gasteiger partial charge on any atom is 0.0717 e. The van der Waals surface area contributed by atoms with E-state index in [2.05, 4.69) is 73.6 Å². The largest absolute Gasteiger partial charge is 0.289 e. The standard InChI is InChI=1S/C16H19N/c1-14(15-9-5-3-6-10-15)17-13-16(2)11-7-4-8-12-16/h3-11,13-14H,12H2,1-2H3. The molecule has 0 aromatic heterocycles. The van der Waals surface area contributed by atoms with Gasteiger partial charge in [0.1, 0.15) is 0 Å². The van der Waals surface area contributed by atoms with E-state index in [0.717, 1.165) is 6.42 Å². The minimum absolute atomic E-state index is 0.0811. The number of rotatable bonds is 3.